The third-order valence-electron chi connectivity index (χ3n) is 3.48. The van der Waals surface area contributed by atoms with E-state index in [0.29, 0.717) is 16.2 Å². The summed E-state index contributed by atoms with van der Waals surface area (Å²) in [5.41, 5.74) is 0.556. The van der Waals surface area contributed by atoms with Crippen LogP contribution in [-0.2, 0) is 11.3 Å². The summed E-state index contributed by atoms with van der Waals surface area (Å²) in [6.07, 6.45) is 1.49. The van der Waals surface area contributed by atoms with Crippen LogP contribution >= 0.6 is 23.2 Å². The van der Waals surface area contributed by atoms with Crippen LogP contribution in [0.15, 0.2) is 53.5 Å². The number of rotatable bonds is 3. The van der Waals surface area contributed by atoms with Gasteiger partial charge >= 0.3 is 0 Å². The number of carbonyl (C=O) groups excluding carboxylic acids is 1. The molecule has 122 valence electrons. The lowest BCUT2D eigenvalue weighted by molar-refractivity contribution is -0.116. The van der Waals surface area contributed by atoms with Crippen LogP contribution in [0.3, 0.4) is 0 Å². The molecule has 1 amide bonds. The Kier molecular flexibility index (Phi) is 4.55. The fraction of sp³-hybridized carbons (Fsp3) is 0.0588. The Morgan fingerprint density at radius 1 is 1.17 bits per heavy atom. The lowest BCUT2D eigenvalue weighted by atomic mass is 10.2. The van der Waals surface area contributed by atoms with Crippen LogP contribution in [0.1, 0.15) is 0 Å². The van der Waals surface area contributed by atoms with Crippen molar-refractivity contribution in [3.8, 4) is 0 Å². The zero-order valence-electron chi connectivity index (χ0n) is 12.2. The number of aromatic nitrogens is 1. The highest BCUT2D eigenvalue weighted by Gasteiger charge is 2.11. The molecule has 1 heterocycles. The molecule has 0 aliphatic carbocycles. The van der Waals surface area contributed by atoms with E-state index < -0.39 is 5.82 Å². The molecule has 0 fully saturated rings. The van der Waals surface area contributed by atoms with Crippen molar-refractivity contribution in [3.63, 3.8) is 0 Å². The Labute approximate surface area is 146 Å². The van der Waals surface area contributed by atoms with Crippen molar-refractivity contribution in [2.75, 3.05) is 5.32 Å². The Morgan fingerprint density at radius 3 is 2.75 bits per heavy atom. The minimum atomic E-state index is -0.507. The number of hydrogen-bond donors (Lipinski definition) is 1. The molecule has 0 unspecified atom stereocenters. The van der Waals surface area contributed by atoms with E-state index in [1.807, 2.05) is 0 Å². The number of amides is 1. The Balaban J connectivity index is 1.90. The van der Waals surface area contributed by atoms with E-state index in [-0.39, 0.29) is 28.3 Å². The Hall–Kier alpha value is -2.37. The largest absolute Gasteiger partial charge is 0.338 e. The summed E-state index contributed by atoms with van der Waals surface area (Å²) in [6, 6.07) is 10.1. The minimum Gasteiger partial charge on any atom is -0.338 e. The zero-order chi connectivity index (χ0) is 17.3. The van der Waals surface area contributed by atoms with E-state index >= 15 is 0 Å². The van der Waals surface area contributed by atoms with Gasteiger partial charge in [0.2, 0.25) is 5.91 Å². The maximum atomic E-state index is 13.3. The SMILES string of the molecule is O=C(Cn1ccc(=O)c2cc(F)ccc21)Nc1cccc(Cl)c1Cl. The predicted molar refractivity (Wildman–Crippen MR) is 93.3 cm³/mol. The van der Waals surface area contributed by atoms with Crippen molar-refractivity contribution in [1.82, 2.24) is 4.57 Å². The number of nitrogens with one attached hydrogen (secondary N) is 1. The maximum absolute atomic E-state index is 13.3. The first-order valence-corrected chi connectivity index (χ1v) is 7.74. The summed E-state index contributed by atoms with van der Waals surface area (Å²) in [4.78, 5) is 24.1. The van der Waals surface area contributed by atoms with Gasteiger partial charge in [0.05, 0.1) is 21.2 Å². The molecule has 0 aliphatic heterocycles. The molecule has 24 heavy (non-hydrogen) atoms. The van der Waals surface area contributed by atoms with Crippen molar-refractivity contribution in [2.24, 2.45) is 0 Å². The first-order chi connectivity index (χ1) is 11.5. The number of fused-ring (bicyclic) bond motifs is 1. The molecule has 0 spiro atoms. The van der Waals surface area contributed by atoms with E-state index in [1.54, 1.807) is 22.8 Å². The van der Waals surface area contributed by atoms with Crippen LogP contribution in [0.25, 0.3) is 10.9 Å². The molecular weight excluding hydrogens is 354 g/mol. The molecule has 0 aliphatic rings. The zero-order valence-corrected chi connectivity index (χ0v) is 13.7. The van der Waals surface area contributed by atoms with Crippen molar-refractivity contribution >= 4 is 45.7 Å². The quantitative estimate of drug-likeness (QED) is 0.760. The molecule has 3 aromatic rings. The standard InChI is InChI=1S/C17H11Cl2FN2O2/c18-12-2-1-3-13(17(12)19)21-16(24)9-22-7-6-15(23)11-8-10(20)4-5-14(11)22/h1-8H,9H2,(H,21,24). The molecule has 1 aromatic heterocycles. The number of anilines is 1. The van der Waals surface area contributed by atoms with E-state index in [0.717, 1.165) is 6.07 Å². The lowest BCUT2D eigenvalue weighted by Crippen LogP contribution is -2.20. The fourth-order valence-electron chi connectivity index (χ4n) is 2.37. The van der Waals surface area contributed by atoms with Gasteiger partial charge in [-0.3, -0.25) is 9.59 Å². The molecule has 3 rings (SSSR count). The molecule has 0 atom stereocenters. The lowest BCUT2D eigenvalue weighted by Gasteiger charge is -2.12. The van der Waals surface area contributed by atoms with Crippen molar-refractivity contribution in [1.29, 1.82) is 0 Å². The van der Waals surface area contributed by atoms with E-state index in [1.165, 1.54) is 24.4 Å². The number of nitrogens with zero attached hydrogens (tertiary/aromatic N) is 1. The summed E-state index contributed by atoms with van der Waals surface area (Å²) in [7, 11) is 0. The van der Waals surface area contributed by atoms with Gasteiger partial charge in [-0.05, 0) is 30.3 Å². The molecule has 2 aromatic carbocycles. The van der Waals surface area contributed by atoms with Crippen LogP contribution in [0.4, 0.5) is 10.1 Å². The highest BCUT2D eigenvalue weighted by atomic mass is 35.5. The molecule has 0 saturated carbocycles. The molecule has 1 N–H and O–H groups in total. The maximum Gasteiger partial charge on any atom is 0.244 e. The second kappa shape index (κ2) is 6.63. The van der Waals surface area contributed by atoms with Gasteiger partial charge in [-0.15, -0.1) is 0 Å². The second-order valence-corrected chi connectivity index (χ2v) is 5.90. The van der Waals surface area contributed by atoms with Crippen LogP contribution in [0.2, 0.25) is 10.0 Å². The van der Waals surface area contributed by atoms with E-state index in [4.69, 9.17) is 23.2 Å². The van der Waals surface area contributed by atoms with Crippen LogP contribution in [0, 0.1) is 5.82 Å². The summed E-state index contributed by atoms with van der Waals surface area (Å²) in [6.45, 7) is -0.0642. The van der Waals surface area contributed by atoms with Gasteiger partial charge in [-0.2, -0.15) is 0 Å². The van der Waals surface area contributed by atoms with Crippen molar-refractivity contribution in [2.45, 2.75) is 6.54 Å². The van der Waals surface area contributed by atoms with Crippen molar-refractivity contribution in [3.05, 3.63) is 74.7 Å². The number of pyridine rings is 1. The Bertz CT molecular complexity index is 1000. The monoisotopic (exact) mass is 364 g/mol. The number of carbonyl (C=O) groups is 1. The molecule has 0 radical (unpaired) electrons. The average molecular weight is 365 g/mol. The molecule has 0 saturated heterocycles. The summed E-state index contributed by atoms with van der Waals surface area (Å²) < 4.78 is 14.9. The smallest absolute Gasteiger partial charge is 0.244 e. The summed E-state index contributed by atoms with van der Waals surface area (Å²) in [5, 5.41) is 3.46. The van der Waals surface area contributed by atoms with Gasteiger partial charge in [0.25, 0.3) is 0 Å². The summed E-state index contributed by atoms with van der Waals surface area (Å²) >= 11 is 11.9. The topological polar surface area (TPSA) is 51.1 Å². The summed E-state index contributed by atoms with van der Waals surface area (Å²) in [5.74, 6) is -0.860. The van der Waals surface area contributed by atoms with Gasteiger partial charge in [-0.1, -0.05) is 29.3 Å². The van der Waals surface area contributed by atoms with Crippen LogP contribution in [-0.4, -0.2) is 10.5 Å². The molecule has 4 nitrogen and oxygen atoms in total. The second-order valence-electron chi connectivity index (χ2n) is 5.12. The third kappa shape index (κ3) is 3.27. The first kappa shape index (κ1) is 16.5. The number of halogens is 3. The average Bonchev–Trinajstić information content (AvgIpc) is 2.55. The number of hydrogen-bond acceptors (Lipinski definition) is 2. The molecule has 7 heteroatoms. The highest BCUT2D eigenvalue weighted by molar-refractivity contribution is 6.43. The molecule has 0 bridgehead atoms. The Morgan fingerprint density at radius 2 is 1.96 bits per heavy atom. The van der Waals surface area contributed by atoms with Gasteiger partial charge in [-0.25, -0.2) is 4.39 Å². The van der Waals surface area contributed by atoms with Crippen LogP contribution < -0.4 is 10.7 Å². The van der Waals surface area contributed by atoms with Gasteiger partial charge in [0, 0.05) is 17.6 Å². The number of benzene rings is 2. The third-order valence-corrected chi connectivity index (χ3v) is 4.30. The van der Waals surface area contributed by atoms with E-state index in [9.17, 15) is 14.0 Å². The van der Waals surface area contributed by atoms with Crippen LogP contribution in [0.5, 0.6) is 0 Å². The molecular formula is C17H11Cl2FN2O2. The van der Waals surface area contributed by atoms with Gasteiger partial charge < -0.3 is 9.88 Å². The van der Waals surface area contributed by atoms with Gasteiger partial charge in [0.1, 0.15) is 12.4 Å². The predicted octanol–water partition coefficient (Wildman–Crippen LogP) is 4.09. The fourth-order valence-corrected chi connectivity index (χ4v) is 2.71. The van der Waals surface area contributed by atoms with Crippen molar-refractivity contribution < 1.29 is 9.18 Å². The van der Waals surface area contributed by atoms with E-state index in [2.05, 4.69) is 5.32 Å². The minimum absolute atomic E-state index is 0.0642. The normalized spacial score (nSPS) is 10.8. The van der Waals surface area contributed by atoms with Gasteiger partial charge in [0.15, 0.2) is 5.43 Å². The first-order valence-electron chi connectivity index (χ1n) is 6.98. The highest BCUT2D eigenvalue weighted by Crippen LogP contribution is 2.29.